The first-order valence-corrected chi connectivity index (χ1v) is 4.27. The molecule has 1 aromatic rings. The molecule has 0 unspecified atom stereocenters. The average Bonchev–Trinajstić information content (AvgIpc) is 2.14. The predicted octanol–water partition coefficient (Wildman–Crippen LogP) is 1.63. The topological polar surface area (TPSA) is 35.5 Å². The molecule has 0 fully saturated rings. The van der Waals surface area contributed by atoms with Crippen LogP contribution in [-0.4, -0.2) is 19.2 Å². The third-order valence-corrected chi connectivity index (χ3v) is 1.89. The maximum absolute atomic E-state index is 11.4. The lowest BCUT2D eigenvalue weighted by Gasteiger charge is -2.14. The van der Waals surface area contributed by atoms with Crippen LogP contribution in [0, 0.1) is 0 Å². The van der Waals surface area contributed by atoms with Crippen molar-refractivity contribution in [1.29, 1.82) is 0 Å². The summed E-state index contributed by atoms with van der Waals surface area (Å²) < 4.78 is 10.4. The van der Waals surface area contributed by atoms with Gasteiger partial charge in [-0.1, -0.05) is 12.1 Å². The molecule has 0 saturated carbocycles. The van der Waals surface area contributed by atoms with Gasteiger partial charge in [0.15, 0.2) is 0 Å². The van der Waals surface area contributed by atoms with Crippen molar-refractivity contribution in [1.82, 2.24) is 0 Å². The number of para-hydroxylation sites is 1. The summed E-state index contributed by atoms with van der Waals surface area (Å²) in [5.74, 6) is 0.322. The monoisotopic (exact) mass is 178 g/mol. The van der Waals surface area contributed by atoms with Gasteiger partial charge in [-0.3, -0.25) is 0 Å². The zero-order chi connectivity index (χ0) is 9.10. The van der Waals surface area contributed by atoms with E-state index in [9.17, 15) is 4.79 Å². The Balaban J connectivity index is 2.37. The summed E-state index contributed by atoms with van der Waals surface area (Å²) >= 11 is 0. The molecular weight excluding hydrogens is 168 g/mol. The van der Waals surface area contributed by atoms with Gasteiger partial charge < -0.3 is 9.47 Å². The Kier molecular flexibility index (Phi) is 2.17. The van der Waals surface area contributed by atoms with E-state index in [1.807, 2.05) is 6.07 Å². The summed E-state index contributed by atoms with van der Waals surface area (Å²) in [6, 6.07) is 7.13. The molecule has 0 atom stereocenters. The molecule has 0 aliphatic carbocycles. The van der Waals surface area contributed by atoms with Crippen LogP contribution in [0.4, 0.5) is 0 Å². The predicted molar refractivity (Wildman–Crippen MR) is 46.8 cm³/mol. The van der Waals surface area contributed by atoms with Gasteiger partial charge in [0.05, 0.1) is 13.2 Å². The second-order valence-corrected chi connectivity index (χ2v) is 2.83. The Bertz CT molecular complexity index is 320. The third-order valence-electron chi connectivity index (χ3n) is 1.89. The summed E-state index contributed by atoms with van der Waals surface area (Å²) in [4.78, 5) is 11.4. The number of carbonyl (C=O) groups is 1. The number of ether oxygens (including phenoxy) is 2. The Hall–Kier alpha value is -1.51. The molecule has 3 nitrogen and oxygen atoms in total. The zero-order valence-corrected chi connectivity index (χ0v) is 7.16. The molecule has 0 bridgehead atoms. The van der Waals surface area contributed by atoms with Gasteiger partial charge in [-0.05, 0) is 12.1 Å². The van der Waals surface area contributed by atoms with Crippen LogP contribution in [0.1, 0.15) is 16.8 Å². The molecule has 68 valence electrons. The van der Waals surface area contributed by atoms with Crippen LogP contribution < -0.4 is 4.74 Å². The highest BCUT2D eigenvalue weighted by atomic mass is 16.5. The van der Waals surface area contributed by atoms with Gasteiger partial charge in [-0.25, -0.2) is 4.79 Å². The Labute approximate surface area is 76.3 Å². The summed E-state index contributed by atoms with van der Waals surface area (Å²) in [6.07, 6.45) is 0.750. The van der Waals surface area contributed by atoms with Crippen molar-refractivity contribution in [3.8, 4) is 5.75 Å². The highest BCUT2D eigenvalue weighted by Crippen LogP contribution is 2.20. The van der Waals surface area contributed by atoms with E-state index < -0.39 is 0 Å². The van der Waals surface area contributed by atoms with Crippen molar-refractivity contribution in [3.63, 3.8) is 0 Å². The van der Waals surface area contributed by atoms with Crippen molar-refractivity contribution in [2.45, 2.75) is 6.42 Å². The molecule has 0 radical (unpaired) electrons. The molecule has 3 heteroatoms. The fourth-order valence-corrected chi connectivity index (χ4v) is 1.24. The number of benzene rings is 1. The number of rotatable bonds is 0. The standard InChI is InChI=1S/C10H10O3/c11-10-8-4-1-2-5-9(8)12-6-3-7-13-10/h1-2,4-5H,3,6-7H2. The molecule has 13 heavy (non-hydrogen) atoms. The lowest BCUT2D eigenvalue weighted by molar-refractivity contribution is 0.0457. The summed E-state index contributed by atoms with van der Waals surface area (Å²) in [6.45, 7) is 1.04. The average molecular weight is 178 g/mol. The highest BCUT2D eigenvalue weighted by Gasteiger charge is 2.15. The zero-order valence-electron chi connectivity index (χ0n) is 7.16. The van der Waals surface area contributed by atoms with E-state index in [0.29, 0.717) is 24.5 Å². The van der Waals surface area contributed by atoms with E-state index >= 15 is 0 Å². The minimum absolute atomic E-state index is 0.296. The van der Waals surface area contributed by atoms with E-state index in [2.05, 4.69) is 0 Å². The Morgan fingerprint density at radius 2 is 1.85 bits per heavy atom. The normalized spacial score (nSPS) is 16.2. The van der Waals surface area contributed by atoms with Crippen LogP contribution in [0.25, 0.3) is 0 Å². The number of esters is 1. The third kappa shape index (κ3) is 1.64. The molecule has 0 N–H and O–H groups in total. The molecule has 0 spiro atoms. The quantitative estimate of drug-likeness (QED) is 0.566. The number of cyclic esters (lactones) is 1. The molecule has 0 aromatic heterocycles. The molecular formula is C10H10O3. The van der Waals surface area contributed by atoms with Gasteiger partial charge >= 0.3 is 5.97 Å². The SMILES string of the molecule is O=C1OCCCOc2ccccc21. The minimum atomic E-state index is -0.296. The number of fused-ring (bicyclic) bond motifs is 1. The Morgan fingerprint density at radius 3 is 2.77 bits per heavy atom. The maximum atomic E-state index is 11.4. The van der Waals surface area contributed by atoms with Crippen LogP contribution in [0.2, 0.25) is 0 Å². The van der Waals surface area contributed by atoms with E-state index in [1.54, 1.807) is 18.2 Å². The van der Waals surface area contributed by atoms with E-state index in [4.69, 9.17) is 9.47 Å². The maximum Gasteiger partial charge on any atom is 0.341 e. The van der Waals surface area contributed by atoms with Crippen molar-refractivity contribution < 1.29 is 14.3 Å². The first kappa shape index (κ1) is 8.10. The number of carbonyl (C=O) groups excluding carboxylic acids is 1. The van der Waals surface area contributed by atoms with Crippen molar-refractivity contribution in [2.75, 3.05) is 13.2 Å². The molecule has 1 aliphatic heterocycles. The summed E-state index contributed by atoms with van der Waals surface area (Å²) in [5, 5.41) is 0. The fraction of sp³-hybridized carbons (Fsp3) is 0.300. The lowest BCUT2D eigenvalue weighted by atomic mass is 10.2. The molecule has 1 aliphatic rings. The molecule has 2 rings (SSSR count). The van der Waals surface area contributed by atoms with Crippen LogP contribution in [0.3, 0.4) is 0 Å². The van der Waals surface area contributed by atoms with Gasteiger partial charge in [-0.2, -0.15) is 0 Å². The summed E-state index contributed by atoms with van der Waals surface area (Å²) in [5.41, 5.74) is 0.516. The van der Waals surface area contributed by atoms with Crippen molar-refractivity contribution in [3.05, 3.63) is 29.8 Å². The Morgan fingerprint density at radius 1 is 1.08 bits per heavy atom. The lowest BCUT2D eigenvalue weighted by Crippen LogP contribution is -2.14. The van der Waals surface area contributed by atoms with Crippen LogP contribution >= 0.6 is 0 Å². The van der Waals surface area contributed by atoms with Crippen LogP contribution in [0.15, 0.2) is 24.3 Å². The van der Waals surface area contributed by atoms with Crippen molar-refractivity contribution >= 4 is 5.97 Å². The van der Waals surface area contributed by atoms with Crippen molar-refractivity contribution in [2.24, 2.45) is 0 Å². The van der Waals surface area contributed by atoms with Gasteiger partial charge in [0.1, 0.15) is 11.3 Å². The molecule has 0 saturated heterocycles. The van der Waals surface area contributed by atoms with Gasteiger partial charge in [0.25, 0.3) is 0 Å². The van der Waals surface area contributed by atoms with Crippen LogP contribution in [-0.2, 0) is 4.74 Å². The number of hydrogen-bond donors (Lipinski definition) is 0. The number of hydrogen-bond acceptors (Lipinski definition) is 3. The molecule has 0 amide bonds. The van der Waals surface area contributed by atoms with E-state index in [-0.39, 0.29) is 5.97 Å². The smallest absolute Gasteiger partial charge is 0.341 e. The van der Waals surface area contributed by atoms with Crippen LogP contribution in [0.5, 0.6) is 5.75 Å². The summed E-state index contributed by atoms with van der Waals surface area (Å²) in [7, 11) is 0. The second kappa shape index (κ2) is 3.47. The molecule has 1 aromatic carbocycles. The minimum Gasteiger partial charge on any atom is -0.493 e. The molecule has 1 heterocycles. The van der Waals surface area contributed by atoms with E-state index in [0.717, 1.165) is 6.42 Å². The van der Waals surface area contributed by atoms with E-state index in [1.165, 1.54) is 0 Å². The first-order chi connectivity index (χ1) is 6.38. The fourth-order valence-electron chi connectivity index (χ4n) is 1.24. The first-order valence-electron chi connectivity index (χ1n) is 4.27. The van der Waals surface area contributed by atoms with Gasteiger partial charge in [-0.15, -0.1) is 0 Å². The highest BCUT2D eigenvalue weighted by molar-refractivity contribution is 5.92. The largest absolute Gasteiger partial charge is 0.493 e. The second-order valence-electron chi connectivity index (χ2n) is 2.83. The van der Waals surface area contributed by atoms with Gasteiger partial charge in [0, 0.05) is 6.42 Å². The van der Waals surface area contributed by atoms with Gasteiger partial charge in [0.2, 0.25) is 0 Å².